The Hall–Kier alpha value is -3.61. The van der Waals surface area contributed by atoms with E-state index < -0.39 is 5.91 Å². The maximum Gasteiger partial charge on any atom is 0.245 e. The van der Waals surface area contributed by atoms with Gasteiger partial charge in [0.1, 0.15) is 5.82 Å². The molecule has 0 atom stereocenters. The Morgan fingerprint density at radius 2 is 2.15 bits per heavy atom. The number of anilines is 2. The molecular formula is C20H19N5O2. The number of rotatable bonds is 4. The number of nitrogens with two attached hydrogens (primary N) is 1. The average molecular weight is 361 g/mol. The largest absolute Gasteiger partial charge is 0.366 e. The molecule has 1 aliphatic rings. The maximum atomic E-state index is 12.0. The van der Waals surface area contributed by atoms with E-state index in [2.05, 4.69) is 26.3 Å². The number of para-hydroxylation sites is 1. The maximum absolute atomic E-state index is 12.0. The Morgan fingerprint density at radius 1 is 1.33 bits per heavy atom. The highest BCUT2D eigenvalue weighted by molar-refractivity contribution is 6.01. The lowest BCUT2D eigenvalue weighted by molar-refractivity contribution is -0.115. The number of nitrogens with zero attached hydrogens (tertiary/aromatic N) is 2. The second kappa shape index (κ2) is 6.60. The number of carbonyl (C=O) groups excluding carboxylic acids is 2. The van der Waals surface area contributed by atoms with Gasteiger partial charge in [-0.1, -0.05) is 18.2 Å². The molecule has 4 rings (SSSR count). The van der Waals surface area contributed by atoms with E-state index >= 15 is 0 Å². The van der Waals surface area contributed by atoms with Crippen molar-refractivity contribution in [2.75, 3.05) is 17.2 Å². The molecule has 2 amide bonds. The van der Waals surface area contributed by atoms with Crippen LogP contribution in [0.15, 0.2) is 48.2 Å². The lowest BCUT2D eigenvalue weighted by Crippen LogP contribution is -2.28. The average Bonchev–Trinajstić information content (AvgIpc) is 2.97. The van der Waals surface area contributed by atoms with E-state index in [1.165, 1.54) is 0 Å². The smallest absolute Gasteiger partial charge is 0.245 e. The predicted molar refractivity (Wildman–Crippen MR) is 105 cm³/mol. The van der Waals surface area contributed by atoms with Crippen LogP contribution in [0.25, 0.3) is 17.0 Å². The second-order valence-electron chi connectivity index (χ2n) is 6.53. The fourth-order valence-corrected chi connectivity index (χ4v) is 3.28. The molecule has 2 aromatic heterocycles. The van der Waals surface area contributed by atoms with Gasteiger partial charge < -0.3 is 20.9 Å². The third-order valence-electron chi connectivity index (χ3n) is 4.68. The van der Waals surface area contributed by atoms with Crippen molar-refractivity contribution in [1.82, 2.24) is 9.55 Å². The minimum absolute atomic E-state index is 0.129. The summed E-state index contributed by atoms with van der Waals surface area (Å²) in [5.41, 5.74) is 9.46. The fourth-order valence-electron chi connectivity index (χ4n) is 3.28. The van der Waals surface area contributed by atoms with E-state index in [4.69, 9.17) is 5.73 Å². The zero-order chi connectivity index (χ0) is 19.0. The van der Waals surface area contributed by atoms with Crippen LogP contribution in [-0.4, -0.2) is 27.9 Å². The van der Waals surface area contributed by atoms with Crippen LogP contribution >= 0.6 is 0 Å². The molecule has 0 unspecified atom stereocenters. The Balaban J connectivity index is 1.68. The number of amides is 2. The number of primary amides is 1. The summed E-state index contributed by atoms with van der Waals surface area (Å²) in [6, 6.07) is 11.9. The van der Waals surface area contributed by atoms with Crippen LogP contribution in [0, 0.1) is 0 Å². The quantitative estimate of drug-likeness (QED) is 0.619. The Morgan fingerprint density at radius 3 is 2.93 bits per heavy atom. The molecule has 7 nitrogen and oxygen atoms in total. The van der Waals surface area contributed by atoms with Crippen LogP contribution in [-0.2, 0) is 23.1 Å². The van der Waals surface area contributed by atoms with E-state index in [9.17, 15) is 9.59 Å². The van der Waals surface area contributed by atoms with E-state index in [1.807, 2.05) is 31.3 Å². The first-order valence-corrected chi connectivity index (χ1v) is 8.59. The van der Waals surface area contributed by atoms with Gasteiger partial charge in [0.2, 0.25) is 11.8 Å². The van der Waals surface area contributed by atoms with Gasteiger partial charge in [0.25, 0.3) is 0 Å². The van der Waals surface area contributed by atoms with Crippen molar-refractivity contribution in [3.05, 3.63) is 59.4 Å². The van der Waals surface area contributed by atoms with Crippen molar-refractivity contribution in [3.8, 4) is 0 Å². The first-order chi connectivity index (χ1) is 13.0. The molecule has 0 saturated carbocycles. The number of carbonyl (C=O) groups is 2. The summed E-state index contributed by atoms with van der Waals surface area (Å²) in [4.78, 5) is 27.9. The first kappa shape index (κ1) is 16.8. The summed E-state index contributed by atoms with van der Waals surface area (Å²) >= 11 is 0. The number of aryl methyl sites for hydroxylation is 1. The zero-order valence-corrected chi connectivity index (χ0v) is 14.8. The number of nitrogens with one attached hydrogen (secondary N) is 2. The van der Waals surface area contributed by atoms with Crippen molar-refractivity contribution >= 4 is 40.3 Å². The lowest BCUT2D eigenvalue weighted by atomic mass is 10.1. The van der Waals surface area contributed by atoms with Gasteiger partial charge >= 0.3 is 0 Å². The van der Waals surface area contributed by atoms with Crippen molar-refractivity contribution in [2.24, 2.45) is 12.8 Å². The second-order valence-corrected chi connectivity index (χ2v) is 6.53. The van der Waals surface area contributed by atoms with Crippen LogP contribution in [0.2, 0.25) is 0 Å². The molecule has 1 aromatic carbocycles. The summed E-state index contributed by atoms with van der Waals surface area (Å²) in [5, 5.41) is 6.82. The summed E-state index contributed by atoms with van der Waals surface area (Å²) in [6.07, 6.45) is 3.77. The zero-order valence-electron chi connectivity index (χ0n) is 14.8. The predicted octanol–water partition coefficient (Wildman–Crippen LogP) is 2.05. The minimum atomic E-state index is -0.486. The monoisotopic (exact) mass is 361 g/mol. The number of aromatic nitrogens is 2. The van der Waals surface area contributed by atoms with Crippen LogP contribution in [0.5, 0.6) is 0 Å². The van der Waals surface area contributed by atoms with Gasteiger partial charge in [0.05, 0.1) is 12.2 Å². The fraction of sp³-hybridized carbons (Fsp3) is 0.150. The molecule has 0 bridgehead atoms. The van der Waals surface area contributed by atoms with Crippen molar-refractivity contribution in [2.45, 2.75) is 6.42 Å². The van der Waals surface area contributed by atoms with Gasteiger partial charge in [-0.15, -0.1) is 0 Å². The molecule has 1 aliphatic heterocycles. The van der Waals surface area contributed by atoms with E-state index in [-0.39, 0.29) is 12.5 Å². The molecule has 0 saturated heterocycles. The van der Waals surface area contributed by atoms with Gasteiger partial charge in [0, 0.05) is 36.4 Å². The van der Waals surface area contributed by atoms with E-state index in [0.29, 0.717) is 29.1 Å². The first-order valence-electron chi connectivity index (χ1n) is 8.59. The lowest BCUT2D eigenvalue weighted by Gasteiger charge is -2.17. The van der Waals surface area contributed by atoms with Crippen molar-refractivity contribution in [3.63, 3.8) is 0 Å². The molecule has 0 spiro atoms. The molecule has 0 radical (unpaired) electrons. The van der Waals surface area contributed by atoms with Crippen LogP contribution in [0.3, 0.4) is 0 Å². The third-order valence-corrected chi connectivity index (χ3v) is 4.68. The molecule has 7 heteroatoms. The summed E-state index contributed by atoms with van der Waals surface area (Å²) in [6.45, 7) is 0.197. The summed E-state index contributed by atoms with van der Waals surface area (Å²) < 4.78 is 2.06. The van der Waals surface area contributed by atoms with Crippen LogP contribution in [0.1, 0.15) is 11.3 Å². The van der Waals surface area contributed by atoms with Gasteiger partial charge in [-0.2, -0.15) is 0 Å². The van der Waals surface area contributed by atoms with Crippen molar-refractivity contribution < 1.29 is 9.59 Å². The highest BCUT2D eigenvalue weighted by atomic mass is 16.2. The number of hydrogen-bond donors (Lipinski definition) is 3. The highest BCUT2D eigenvalue weighted by Crippen LogP contribution is 2.25. The minimum Gasteiger partial charge on any atom is -0.366 e. The molecule has 0 aliphatic carbocycles. The van der Waals surface area contributed by atoms with Crippen molar-refractivity contribution in [1.29, 1.82) is 0 Å². The van der Waals surface area contributed by atoms with E-state index in [0.717, 1.165) is 16.6 Å². The highest BCUT2D eigenvalue weighted by Gasteiger charge is 2.16. The summed E-state index contributed by atoms with van der Waals surface area (Å²) in [7, 11) is 1.97. The Kier molecular flexibility index (Phi) is 4.12. The van der Waals surface area contributed by atoms with Crippen LogP contribution < -0.4 is 16.4 Å². The standard InChI is InChI=1S/C20H19N5O2/c1-25-15(8-13-4-2-3-5-17(13)25)9-14(19(21)27)6-12-7-16-20(22-10-12)23-11-18(26)24-16/h2-8,10H,9,11H2,1H3,(H2,21,27)(H,22,23)(H,24,26). The number of fused-ring (bicyclic) bond motifs is 2. The number of pyridine rings is 1. The van der Waals surface area contributed by atoms with Crippen LogP contribution in [0.4, 0.5) is 11.5 Å². The normalized spacial score (nSPS) is 13.8. The molecular weight excluding hydrogens is 342 g/mol. The molecule has 3 heterocycles. The summed E-state index contributed by atoms with van der Waals surface area (Å²) in [5.74, 6) is -0.00255. The van der Waals surface area contributed by atoms with Gasteiger partial charge in [-0.05, 0) is 35.2 Å². The topological polar surface area (TPSA) is 102 Å². The van der Waals surface area contributed by atoms with Gasteiger partial charge in [-0.3, -0.25) is 9.59 Å². The van der Waals surface area contributed by atoms with Gasteiger partial charge in [-0.25, -0.2) is 4.98 Å². The number of benzene rings is 1. The molecule has 0 fully saturated rings. The molecule has 136 valence electrons. The molecule has 27 heavy (non-hydrogen) atoms. The van der Waals surface area contributed by atoms with E-state index in [1.54, 1.807) is 18.3 Å². The third kappa shape index (κ3) is 3.27. The molecule has 3 aromatic rings. The Bertz CT molecular complexity index is 1100. The van der Waals surface area contributed by atoms with Gasteiger partial charge in [0.15, 0.2) is 0 Å². The Labute approximate surface area is 155 Å². The SMILES string of the molecule is Cn1c(CC(=Cc2cnc3c(c2)NC(=O)CN3)C(N)=O)cc2ccccc21. The number of hydrogen-bond acceptors (Lipinski definition) is 4. The molecule has 4 N–H and O–H groups in total.